The predicted octanol–water partition coefficient (Wildman–Crippen LogP) is 6.57. The molecule has 6 rings (SSSR count). The van der Waals surface area contributed by atoms with Crippen molar-refractivity contribution in [2.45, 2.75) is 45.4 Å². The summed E-state index contributed by atoms with van der Waals surface area (Å²) in [4.78, 5) is 13.8. The zero-order chi connectivity index (χ0) is 20.8. The Hall–Kier alpha value is -2.87. The second-order valence-electron chi connectivity index (χ2n) is 8.93. The van der Waals surface area contributed by atoms with Crippen LogP contribution in [0, 0.1) is 25.7 Å². The first-order chi connectivity index (χ1) is 14.6. The first kappa shape index (κ1) is 19.1. The standard InChI is InChI=1S/C28H29NO/c1-4-10-23-25-19-12-5-7-14-21(19)26(22-15-8-6-13-20(22)25)27(23)28(30)29-24-16-9-11-17(2)18(24)3/h5-9,11-16,23,25-27H,4,10H2,1-3H3,(H,29,30)/t23-,25?,26?,27+/m0/s1. The van der Waals surface area contributed by atoms with E-state index < -0.39 is 0 Å². The maximum absolute atomic E-state index is 13.8. The number of carbonyl (C=O) groups excluding carboxylic acids is 1. The van der Waals surface area contributed by atoms with E-state index in [1.54, 1.807) is 0 Å². The van der Waals surface area contributed by atoms with Gasteiger partial charge in [0.1, 0.15) is 0 Å². The van der Waals surface area contributed by atoms with Gasteiger partial charge in [0, 0.05) is 17.5 Å². The van der Waals surface area contributed by atoms with Gasteiger partial charge in [-0.05, 0) is 65.6 Å². The van der Waals surface area contributed by atoms with Gasteiger partial charge in [0.15, 0.2) is 0 Å². The molecule has 152 valence electrons. The molecule has 3 aliphatic carbocycles. The Balaban J connectivity index is 1.63. The molecule has 0 aromatic heterocycles. The maximum atomic E-state index is 13.8. The number of carbonyl (C=O) groups is 1. The van der Waals surface area contributed by atoms with E-state index in [-0.39, 0.29) is 17.7 Å². The molecule has 0 saturated heterocycles. The number of aryl methyl sites for hydroxylation is 1. The van der Waals surface area contributed by atoms with E-state index in [9.17, 15) is 4.79 Å². The van der Waals surface area contributed by atoms with Crippen LogP contribution in [-0.2, 0) is 4.79 Å². The first-order valence-electron chi connectivity index (χ1n) is 11.2. The fourth-order valence-corrected chi connectivity index (χ4v) is 5.92. The molecule has 2 atom stereocenters. The lowest BCUT2D eigenvalue weighted by atomic mass is 9.53. The maximum Gasteiger partial charge on any atom is 0.228 e. The molecule has 1 amide bonds. The summed E-state index contributed by atoms with van der Waals surface area (Å²) in [5.41, 5.74) is 8.84. The van der Waals surface area contributed by atoms with E-state index in [2.05, 4.69) is 80.7 Å². The van der Waals surface area contributed by atoms with Gasteiger partial charge >= 0.3 is 0 Å². The number of hydrogen-bond acceptors (Lipinski definition) is 1. The van der Waals surface area contributed by atoms with Crippen LogP contribution in [-0.4, -0.2) is 5.91 Å². The molecule has 2 bridgehead atoms. The van der Waals surface area contributed by atoms with Crippen LogP contribution in [0.25, 0.3) is 0 Å². The van der Waals surface area contributed by atoms with Crippen LogP contribution in [0.5, 0.6) is 0 Å². The zero-order valence-corrected chi connectivity index (χ0v) is 18.0. The fraction of sp³-hybridized carbons (Fsp3) is 0.321. The smallest absolute Gasteiger partial charge is 0.228 e. The van der Waals surface area contributed by atoms with E-state index in [0.717, 1.165) is 24.1 Å². The molecule has 1 N–H and O–H groups in total. The van der Waals surface area contributed by atoms with Crippen molar-refractivity contribution in [3.05, 3.63) is 100 Å². The SMILES string of the molecule is CCC[C@H]1C2c3ccccc3C(c3ccccc32)[C@@H]1C(=O)Nc1cccc(C)c1C. The molecule has 0 fully saturated rings. The first-order valence-corrected chi connectivity index (χ1v) is 11.2. The van der Waals surface area contributed by atoms with Gasteiger partial charge < -0.3 is 5.32 Å². The number of benzene rings is 3. The average molecular weight is 396 g/mol. The van der Waals surface area contributed by atoms with E-state index in [0.29, 0.717) is 11.8 Å². The molecule has 0 radical (unpaired) electrons. The number of fused-ring (bicyclic) bond motifs is 1. The zero-order valence-electron chi connectivity index (χ0n) is 18.0. The van der Waals surface area contributed by atoms with Crippen LogP contribution >= 0.6 is 0 Å². The van der Waals surface area contributed by atoms with Gasteiger partial charge in [0.2, 0.25) is 5.91 Å². The Morgan fingerprint density at radius 3 is 1.93 bits per heavy atom. The van der Waals surface area contributed by atoms with Crippen LogP contribution in [0.15, 0.2) is 66.7 Å². The molecule has 2 heteroatoms. The van der Waals surface area contributed by atoms with Gasteiger partial charge in [-0.25, -0.2) is 0 Å². The van der Waals surface area contributed by atoms with Gasteiger partial charge in [-0.3, -0.25) is 4.79 Å². The highest BCUT2D eigenvalue weighted by molar-refractivity contribution is 5.95. The third-order valence-electron chi connectivity index (χ3n) is 7.37. The van der Waals surface area contributed by atoms with Crippen LogP contribution in [0.2, 0.25) is 0 Å². The van der Waals surface area contributed by atoms with Crippen LogP contribution in [0.3, 0.4) is 0 Å². The largest absolute Gasteiger partial charge is 0.326 e. The van der Waals surface area contributed by atoms with Gasteiger partial charge in [-0.15, -0.1) is 0 Å². The van der Waals surface area contributed by atoms with E-state index >= 15 is 0 Å². The van der Waals surface area contributed by atoms with Crippen molar-refractivity contribution < 1.29 is 4.79 Å². The lowest BCUT2D eigenvalue weighted by Crippen LogP contribution is -2.45. The molecule has 3 aliphatic rings. The Kier molecular flexibility index (Phi) is 4.73. The second kappa shape index (κ2) is 7.43. The summed E-state index contributed by atoms with van der Waals surface area (Å²) in [6.45, 7) is 6.42. The Bertz CT molecular complexity index is 1070. The number of amides is 1. The summed E-state index contributed by atoms with van der Waals surface area (Å²) in [5, 5.41) is 3.32. The fourth-order valence-electron chi connectivity index (χ4n) is 5.92. The molecule has 0 aliphatic heterocycles. The van der Waals surface area contributed by atoms with Crippen molar-refractivity contribution in [2.75, 3.05) is 5.32 Å². The monoisotopic (exact) mass is 395 g/mol. The van der Waals surface area contributed by atoms with Crippen molar-refractivity contribution in [1.82, 2.24) is 0 Å². The minimum Gasteiger partial charge on any atom is -0.326 e. The number of nitrogens with one attached hydrogen (secondary N) is 1. The van der Waals surface area contributed by atoms with Gasteiger partial charge in [-0.1, -0.05) is 74.0 Å². The molecule has 2 nitrogen and oxygen atoms in total. The number of anilines is 1. The Morgan fingerprint density at radius 2 is 1.37 bits per heavy atom. The number of hydrogen-bond donors (Lipinski definition) is 1. The van der Waals surface area contributed by atoms with Gasteiger partial charge in [-0.2, -0.15) is 0 Å². The molecule has 0 spiro atoms. The molecule has 0 saturated carbocycles. The molecule has 0 heterocycles. The third-order valence-corrected chi connectivity index (χ3v) is 7.37. The van der Waals surface area contributed by atoms with Crippen molar-refractivity contribution in [1.29, 1.82) is 0 Å². The van der Waals surface area contributed by atoms with Crippen molar-refractivity contribution in [3.8, 4) is 0 Å². The van der Waals surface area contributed by atoms with Crippen molar-refractivity contribution >= 4 is 11.6 Å². The summed E-state index contributed by atoms with van der Waals surface area (Å²) in [5.74, 6) is 0.886. The minimum absolute atomic E-state index is 0.0420. The van der Waals surface area contributed by atoms with E-state index in [1.807, 2.05) is 12.1 Å². The Morgan fingerprint density at radius 1 is 0.800 bits per heavy atom. The summed E-state index contributed by atoms with van der Waals surface area (Å²) >= 11 is 0. The normalized spacial score (nSPS) is 23.6. The lowest BCUT2D eigenvalue weighted by molar-refractivity contribution is -0.123. The minimum atomic E-state index is -0.0420. The van der Waals surface area contributed by atoms with Crippen molar-refractivity contribution in [3.63, 3.8) is 0 Å². The quantitative estimate of drug-likeness (QED) is 0.532. The number of rotatable bonds is 4. The third kappa shape index (κ3) is 2.81. The molecule has 0 unspecified atom stereocenters. The average Bonchev–Trinajstić information content (AvgIpc) is 2.77. The highest BCUT2D eigenvalue weighted by Gasteiger charge is 2.51. The highest BCUT2D eigenvalue weighted by Crippen LogP contribution is 2.59. The Labute approximate surface area is 179 Å². The van der Waals surface area contributed by atoms with Gasteiger partial charge in [0.25, 0.3) is 0 Å². The summed E-state index contributed by atoms with van der Waals surface area (Å²) in [6, 6.07) is 23.7. The van der Waals surface area contributed by atoms with Gasteiger partial charge in [0.05, 0.1) is 5.92 Å². The molecular formula is C28H29NO. The molecular weight excluding hydrogens is 366 g/mol. The summed E-state index contributed by atoms with van der Waals surface area (Å²) in [7, 11) is 0. The topological polar surface area (TPSA) is 29.1 Å². The highest BCUT2D eigenvalue weighted by atomic mass is 16.1. The van der Waals surface area contributed by atoms with Crippen LogP contribution < -0.4 is 5.32 Å². The lowest BCUT2D eigenvalue weighted by Gasteiger charge is -2.50. The summed E-state index contributed by atoms with van der Waals surface area (Å²) in [6.07, 6.45) is 2.15. The molecule has 3 aromatic rings. The predicted molar refractivity (Wildman–Crippen MR) is 123 cm³/mol. The molecule has 3 aromatic carbocycles. The van der Waals surface area contributed by atoms with Crippen LogP contribution in [0.4, 0.5) is 5.69 Å². The molecule has 30 heavy (non-hydrogen) atoms. The summed E-state index contributed by atoms with van der Waals surface area (Å²) < 4.78 is 0. The van der Waals surface area contributed by atoms with Crippen molar-refractivity contribution in [2.24, 2.45) is 11.8 Å². The van der Waals surface area contributed by atoms with E-state index in [4.69, 9.17) is 0 Å². The second-order valence-corrected chi connectivity index (χ2v) is 8.93. The van der Waals surface area contributed by atoms with E-state index in [1.165, 1.54) is 27.8 Å². The van der Waals surface area contributed by atoms with Crippen LogP contribution in [0.1, 0.15) is 65.0 Å².